The minimum absolute atomic E-state index is 0.0130. The molecule has 0 fully saturated rings. The number of nitrogens with zero attached hydrogens (tertiary/aromatic N) is 1. The minimum Gasteiger partial charge on any atom is -0.325 e. The van der Waals surface area contributed by atoms with Crippen LogP contribution in [0.3, 0.4) is 0 Å². The maximum absolute atomic E-state index is 13.1. The Morgan fingerprint density at radius 3 is 1.96 bits per heavy atom. The summed E-state index contributed by atoms with van der Waals surface area (Å²) in [5.74, 6) is -2.71. The van der Waals surface area contributed by atoms with Gasteiger partial charge < -0.3 is 10.6 Å². The molecule has 132 valence electrons. The molecule has 0 saturated heterocycles. The lowest BCUT2D eigenvalue weighted by Crippen LogP contribution is -2.36. The number of hydrogen-bond acceptors (Lipinski definition) is 3. The van der Waals surface area contributed by atoms with Crippen LogP contribution in [0.4, 0.5) is 20.2 Å². The first-order valence-electron chi connectivity index (χ1n) is 7.63. The number of halogens is 2. The summed E-state index contributed by atoms with van der Waals surface area (Å²) in [7, 11) is 1.61. The van der Waals surface area contributed by atoms with Crippen molar-refractivity contribution in [1.82, 2.24) is 4.90 Å². The minimum atomic E-state index is -1.04. The van der Waals surface area contributed by atoms with Crippen molar-refractivity contribution in [1.29, 1.82) is 0 Å². The van der Waals surface area contributed by atoms with Gasteiger partial charge in [0.2, 0.25) is 11.8 Å². The van der Waals surface area contributed by atoms with E-state index in [9.17, 15) is 18.4 Å². The number of rotatable bonds is 6. The Labute approximate surface area is 144 Å². The van der Waals surface area contributed by atoms with E-state index in [1.807, 2.05) is 19.1 Å². The van der Waals surface area contributed by atoms with Gasteiger partial charge in [-0.15, -0.1) is 0 Å². The highest BCUT2D eigenvalue weighted by Gasteiger charge is 2.12. The molecule has 2 aromatic rings. The summed E-state index contributed by atoms with van der Waals surface area (Å²) < 4.78 is 26.0. The number of carbonyl (C=O) groups excluding carboxylic acids is 2. The van der Waals surface area contributed by atoms with Crippen LogP contribution in [0.25, 0.3) is 0 Å². The third kappa shape index (κ3) is 5.96. The Bertz CT molecular complexity index is 763. The smallest absolute Gasteiger partial charge is 0.238 e. The van der Waals surface area contributed by atoms with Crippen LogP contribution < -0.4 is 10.6 Å². The molecule has 0 unspecified atom stereocenters. The Kier molecular flexibility index (Phi) is 6.19. The Hall–Kier alpha value is -2.80. The molecule has 0 saturated carbocycles. The molecule has 0 aromatic heterocycles. The van der Waals surface area contributed by atoms with E-state index in [0.717, 1.165) is 17.7 Å². The standard InChI is InChI=1S/C18H19F2N3O2/c1-12-3-5-13(6-4-12)21-17(24)10-23(2)11-18(25)22-14-7-8-15(19)16(20)9-14/h3-9H,10-11H2,1-2H3,(H,21,24)(H,22,25). The van der Waals surface area contributed by atoms with E-state index >= 15 is 0 Å². The Balaban J connectivity index is 1.81. The summed E-state index contributed by atoms with van der Waals surface area (Å²) in [6, 6.07) is 10.5. The molecule has 25 heavy (non-hydrogen) atoms. The van der Waals surface area contributed by atoms with E-state index in [0.29, 0.717) is 5.69 Å². The number of carbonyl (C=O) groups is 2. The van der Waals surface area contributed by atoms with Crippen LogP contribution in [0.1, 0.15) is 5.56 Å². The number of likely N-dealkylation sites (N-methyl/N-ethyl adjacent to an activating group) is 1. The van der Waals surface area contributed by atoms with Gasteiger partial charge in [-0.2, -0.15) is 0 Å². The van der Waals surface area contributed by atoms with Crippen molar-refractivity contribution in [2.75, 3.05) is 30.8 Å². The van der Waals surface area contributed by atoms with E-state index in [1.165, 1.54) is 11.0 Å². The van der Waals surface area contributed by atoms with Crippen molar-refractivity contribution < 1.29 is 18.4 Å². The highest BCUT2D eigenvalue weighted by molar-refractivity contribution is 5.94. The van der Waals surface area contributed by atoms with Crippen LogP contribution in [-0.4, -0.2) is 36.9 Å². The van der Waals surface area contributed by atoms with Gasteiger partial charge in [-0.25, -0.2) is 8.78 Å². The van der Waals surface area contributed by atoms with Crippen LogP contribution >= 0.6 is 0 Å². The zero-order valence-electron chi connectivity index (χ0n) is 14.0. The predicted octanol–water partition coefficient (Wildman–Crippen LogP) is 2.78. The summed E-state index contributed by atoms with van der Waals surface area (Å²) >= 11 is 0. The molecule has 0 bridgehead atoms. The molecule has 2 N–H and O–H groups in total. The van der Waals surface area contributed by atoms with Gasteiger partial charge in [0.1, 0.15) is 0 Å². The predicted molar refractivity (Wildman–Crippen MR) is 92.3 cm³/mol. The van der Waals surface area contributed by atoms with Crippen LogP contribution in [0.2, 0.25) is 0 Å². The van der Waals surface area contributed by atoms with Crippen molar-refractivity contribution in [3.8, 4) is 0 Å². The number of nitrogens with one attached hydrogen (secondary N) is 2. The molecule has 0 spiro atoms. The number of benzene rings is 2. The fourth-order valence-electron chi connectivity index (χ4n) is 2.16. The maximum atomic E-state index is 13.1. The molecule has 0 aliphatic rings. The molecule has 5 nitrogen and oxygen atoms in total. The topological polar surface area (TPSA) is 61.4 Å². The van der Waals surface area contributed by atoms with Gasteiger partial charge in [-0.3, -0.25) is 14.5 Å². The SMILES string of the molecule is Cc1ccc(NC(=O)CN(C)CC(=O)Nc2ccc(F)c(F)c2)cc1. The molecular weight excluding hydrogens is 328 g/mol. The second-order valence-corrected chi connectivity index (χ2v) is 5.76. The van der Waals surface area contributed by atoms with Gasteiger partial charge in [0.05, 0.1) is 13.1 Å². The van der Waals surface area contributed by atoms with Gasteiger partial charge in [0, 0.05) is 17.4 Å². The summed E-state index contributed by atoms with van der Waals surface area (Å²) in [5.41, 5.74) is 1.92. The van der Waals surface area contributed by atoms with Crippen molar-refractivity contribution >= 4 is 23.2 Å². The Morgan fingerprint density at radius 1 is 0.880 bits per heavy atom. The molecule has 0 aliphatic heterocycles. The molecule has 2 aromatic carbocycles. The lowest BCUT2D eigenvalue weighted by atomic mass is 10.2. The molecule has 0 radical (unpaired) electrons. The van der Waals surface area contributed by atoms with Crippen LogP contribution in [0.5, 0.6) is 0 Å². The molecule has 0 heterocycles. The fourth-order valence-corrected chi connectivity index (χ4v) is 2.16. The third-order valence-electron chi connectivity index (χ3n) is 3.37. The zero-order valence-corrected chi connectivity index (χ0v) is 14.0. The highest BCUT2D eigenvalue weighted by atomic mass is 19.2. The summed E-state index contributed by atoms with van der Waals surface area (Å²) in [5, 5.41) is 5.18. The van der Waals surface area contributed by atoms with Gasteiger partial charge in [-0.1, -0.05) is 17.7 Å². The van der Waals surface area contributed by atoms with E-state index in [-0.39, 0.29) is 24.7 Å². The van der Waals surface area contributed by atoms with Crippen molar-refractivity contribution in [2.45, 2.75) is 6.92 Å². The third-order valence-corrected chi connectivity index (χ3v) is 3.37. The highest BCUT2D eigenvalue weighted by Crippen LogP contribution is 2.13. The van der Waals surface area contributed by atoms with E-state index in [1.54, 1.807) is 19.2 Å². The average molecular weight is 347 g/mol. The maximum Gasteiger partial charge on any atom is 0.238 e. The second kappa shape index (κ2) is 8.34. The molecule has 2 rings (SSSR count). The summed E-state index contributed by atoms with van der Waals surface area (Å²) in [4.78, 5) is 25.4. The first kappa shape index (κ1) is 18.5. The van der Waals surface area contributed by atoms with E-state index in [2.05, 4.69) is 10.6 Å². The van der Waals surface area contributed by atoms with Crippen molar-refractivity contribution in [3.05, 3.63) is 59.7 Å². The number of amides is 2. The summed E-state index contributed by atoms with van der Waals surface area (Å²) in [6.45, 7) is 1.89. The van der Waals surface area contributed by atoms with Gasteiger partial charge in [0.25, 0.3) is 0 Å². The molecule has 0 aliphatic carbocycles. The number of hydrogen-bond donors (Lipinski definition) is 2. The quantitative estimate of drug-likeness (QED) is 0.845. The largest absolute Gasteiger partial charge is 0.325 e. The van der Waals surface area contributed by atoms with Crippen LogP contribution in [0, 0.1) is 18.6 Å². The fraction of sp³-hybridized carbons (Fsp3) is 0.222. The monoisotopic (exact) mass is 347 g/mol. The average Bonchev–Trinajstić information content (AvgIpc) is 2.52. The number of anilines is 2. The molecule has 2 amide bonds. The normalized spacial score (nSPS) is 10.6. The van der Waals surface area contributed by atoms with Gasteiger partial charge in [-0.05, 0) is 38.2 Å². The van der Waals surface area contributed by atoms with Crippen molar-refractivity contribution in [3.63, 3.8) is 0 Å². The number of aryl methyl sites for hydroxylation is 1. The van der Waals surface area contributed by atoms with Crippen molar-refractivity contribution in [2.24, 2.45) is 0 Å². The zero-order chi connectivity index (χ0) is 18.4. The first-order chi connectivity index (χ1) is 11.8. The molecule has 0 atom stereocenters. The second-order valence-electron chi connectivity index (χ2n) is 5.76. The van der Waals surface area contributed by atoms with E-state index in [4.69, 9.17) is 0 Å². The summed E-state index contributed by atoms with van der Waals surface area (Å²) in [6.07, 6.45) is 0. The lowest BCUT2D eigenvalue weighted by Gasteiger charge is -2.16. The van der Waals surface area contributed by atoms with Gasteiger partial charge >= 0.3 is 0 Å². The first-order valence-corrected chi connectivity index (χ1v) is 7.63. The van der Waals surface area contributed by atoms with Crippen LogP contribution in [0.15, 0.2) is 42.5 Å². The van der Waals surface area contributed by atoms with E-state index < -0.39 is 17.5 Å². The van der Waals surface area contributed by atoms with Crippen LogP contribution in [-0.2, 0) is 9.59 Å². The molecular formula is C18H19F2N3O2. The Morgan fingerprint density at radius 2 is 1.40 bits per heavy atom. The van der Waals surface area contributed by atoms with Gasteiger partial charge in [0.15, 0.2) is 11.6 Å². The molecule has 7 heteroatoms. The lowest BCUT2D eigenvalue weighted by molar-refractivity contribution is -0.119.